The van der Waals surface area contributed by atoms with Crippen molar-refractivity contribution in [2.45, 2.75) is 63.7 Å². The number of rotatable bonds is 3. The molecule has 5 heteroatoms. The van der Waals surface area contributed by atoms with Crippen molar-refractivity contribution in [2.75, 3.05) is 18.5 Å². The van der Waals surface area contributed by atoms with Gasteiger partial charge in [0.2, 0.25) is 0 Å². The van der Waals surface area contributed by atoms with Gasteiger partial charge in [0.15, 0.2) is 0 Å². The highest BCUT2D eigenvalue weighted by Gasteiger charge is 2.35. The average molecular weight is 320 g/mol. The lowest BCUT2D eigenvalue weighted by Crippen LogP contribution is -2.42. The molecule has 0 spiro atoms. The normalized spacial score (nSPS) is 29.9. The number of aliphatic hydroxyl groups excluding tert-OH is 1. The predicted molar refractivity (Wildman–Crippen MR) is 89.2 cm³/mol. The van der Waals surface area contributed by atoms with E-state index in [2.05, 4.69) is 24.1 Å². The van der Waals surface area contributed by atoms with Crippen LogP contribution in [0.15, 0.2) is 18.2 Å². The Bertz CT molecular complexity index is 541. The zero-order valence-corrected chi connectivity index (χ0v) is 14.1. The van der Waals surface area contributed by atoms with Crippen LogP contribution in [0.2, 0.25) is 0 Å². The summed E-state index contributed by atoms with van der Waals surface area (Å²) in [5, 5.41) is 24.4. The van der Waals surface area contributed by atoms with Crippen molar-refractivity contribution < 1.29 is 14.9 Å². The lowest BCUT2D eigenvalue weighted by atomic mass is 9.74. The number of pyridine rings is 1. The fourth-order valence-corrected chi connectivity index (χ4v) is 3.65. The van der Waals surface area contributed by atoms with Crippen molar-refractivity contribution in [3.05, 3.63) is 23.9 Å². The molecular weight excluding hydrogens is 292 g/mol. The summed E-state index contributed by atoms with van der Waals surface area (Å²) in [6.07, 6.45) is 3.56. The molecule has 0 unspecified atom stereocenters. The minimum Gasteiger partial charge on any atom is -0.391 e. The number of hydrogen-bond acceptors (Lipinski definition) is 5. The van der Waals surface area contributed by atoms with Crippen LogP contribution in [-0.2, 0) is 10.3 Å². The molecule has 128 valence electrons. The van der Waals surface area contributed by atoms with Crippen molar-refractivity contribution in [2.24, 2.45) is 5.41 Å². The monoisotopic (exact) mass is 320 g/mol. The highest BCUT2D eigenvalue weighted by Crippen LogP contribution is 2.37. The van der Waals surface area contributed by atoms with Crippen molar-refractivity contribution in [1.29, 1.82) is 0 Å². The van der Waals surface area contributed by atoms with Crippen molar-refractivity contribution in [3.8, 4) is 0 Å². The van der Waals surface area contributed by atoms with Gasteiger partial charge < -0.3 is 20.3 Å². The van der Waals surface area contributed by atoms with E-state index in [1.54, 1.807) is 0 Å². The van der Waals surface area contributed by atoms with E-state index in [0.717, 1.165) is 25.1 Å². The van der Waals surface area contributed by atoms with E-state index in [4.69, 9.17) is 4.74 Å². The van der Waals surface area contributed by atoms with Gasteiger partial charge in [-0.1, -0.05) is 19.9 Å². The Morgan fingerprint density at radius 1 is 1.22 bits per heavy atom. The Morgan fingerprint density at radius 2 is 1.96 bits per heavy atom. The van der Waals surface area contributed by atoms with Crippen LogP contribution >= 0.6 is 0 Å². The molecule has 1 saturated heterocycles. The standard InChI is InChI=1S/C18H28N2O3/c1-17(2)7-6-14(21)13(12-17)19-16-5-3-4-15(20-16)18(22)8-10-23-11-9-18/h3-5,13-14,21-22H,6-12H2,1-2H3,(H,19,20)/t13-,14-/m1/s1. The van der Waals surface area contributed by atoms with E-state index >= 15 is 0 Å². The first-order valence-electron chi connectivity index (χ1n) is 8.60. The molecule has 5 nitrogen and oxygen atoms in total. The molecule has 1 aromatic heterocycles. The van der Waals surface area contributed by atoms with Crippen LogP contribution in [0.3, 0.4) is 0 Å². The Hall–Kier alpha value is -1.17. The number of aromatic nitrogens is 1. The molecule has 0 bridgehead atoms. The van der Waals surface area contributed by atoms with Gasteiger partial charge in [0.1, 0.15) is 11.4 Å². The SMILES string of the molecule is CC1(C)CC[C@@H](O)[C@H](Nc2cccc(C3(O)CCOCC3)n2)C1. The van der Waals surface area contributed by atoms with Crippen LogP contribution in [0.1, 0.15) is 51.6 Å². The van der Waals surface area contributed by atoms with Crippen LogP contribution in [0, 0.1) is 5.41 Å². The first kappa shape index (κ1) is 16.7. The summed E-state index contributed by atoms with van der Waals surface area (Å²) in [6.45, 7) is 5.60. The summed E-state index contributed by atoms with van der Waals surface area (Å²) in [4.78, 5) is 4.62. The molecule has 0 aromatic carbocycles. The number of nitrogens with zero attached hydrogens (tertiary/aromatic N) is 1. The zero-order valence-electron chi connectivity index (χ0n) is 14.1. The lowest BCUT2D eigenvalue weighted by Gasteiger charge is -2.39. The Labute approximate surface area is 138 Å². The highest BCUT2D eigenvalue weighted by atomic mass is 16.5. The van der Waals surface area contributed by atoms with Crippen molar-refractivity contribution >= 4 is 5.82 Å². The van der Waals surface area contributed by atoms with Crippen LogP contribution in [0.4, 0.5) is 5.82 Å². The molecule has 1 saturated carbocycles. The topological polar surface area (TPSA) is 74.6 Å². The van der Waals surface area contributed by atoms with Gasteiger partial charge in [-0.15, -0.1) is 0 Å². The fourth-order valence-electron chi connectivity index (χ4n) is 3.65. The third kappa shape index (κ3) is 3.84. The second kappa shape index (κ2) is 6.38. The molecule has 3 N–H and O–H groups in total. The minimum atomic E-state index is -0.902. The van der Waals surface area contributed by atoms with Gasteiger partial charge in [-0.25, -0.2) is 4.98 Å². The summed E-state index contributed by atoms with van der Waals surface area (Å²) >= 11 is 0. The van der Waals surface area contributed by atoms with Gasteiger partial charge in [0.05, 0.1) is 17.8 Å². The third-order valence-electron chi connectivity index (χ3n) is 5.23. The smallest absolute Gasteiger partial charge is 0.126 e. The summed E-state index contributed by atoms with van der Waals surface area (Å²) in [6, 6.07) is 5.70. The first-order valence-corrected chi connectivity index (χ1v) is 8.60. The first-order chi connectivity index (χ1) is 10.9. The summed E-state index contributed by atoms with van der Waals surface area (Å²) in [7, 11) is 0. The minimum absolute atomic E-state index is 0.00540. The predicted octanol–water partition coefficient (Wildman–Crippen LogP) is 2.43. The van der Waals surface area contributed by atoms with Crippen LogP contribution < -0.4 is 5.32 Å². The van der Waals surface area contributed by atoms with Crippen LogP contribution in [0.5, 0.6) is 0 Å². The van der Waals surface area contributed by atoms with Gasteiger partial charge in [0.25, 0.3) is 0 Å². The van der Waals surface area contributed by atoms with Gasteiger partial charge >= 0.3 is 0 Å². The molecule has 23 heavy (non-hydrogen) atoms. The highest BCUT2D eigenvalue weighted by molar-refractivity contribution is 5.38. The van der Waals surface area contributed by atoms with E-state index in [9.17, 15) is 10.2 Å². The molecular formula is C18H28N2O3. The molecule has 2 atom stereocenters. The lowest BCUT2D eigenvalue weighted by molar-refractivity contribution is -0.0704. The quantitative estimate of drug-likeness (QED) is 0.797. The van der Waals surface area contributed by atoms with Crippen LogP contribution in [0.25, 0.3) is 0 Å². The fraction of sp³-hybridized carbons (Fsp3) is 0.722. The molecule has 1 aliphatic carbocycles. The summed E-state index contributed by atoms with van der Waals surface area (Å²) < 4.78 is 5.34. The number of aliphatic hydroxyl groups is 2. The van der Waals surface area contributed by atoms with Gasteiger partial charge in [-0.2, -0.15) is 0 Å². The maximum Gasteiger partial charge on any atom is 0.126 e. The van der Waals surface area contributed by atoms with E-state index in [1.807, 2.05) is 18.2 Å². The molecule has 0 radical (unpaired) electrons. The zero-order chi connectivity index (χ0) is 16.5. The Balaban J connectivity index is 1.74. The number of nitrogens with one attached hydrogen (secondary N) is 1. The number of hydrogen-bond donors (Lipinski definition) is 3. The van der Waals surface area contributed by atoms with Gasteiger partial charge in [-0.05, 0) is 36.8 Å². The molecule has 1 aliphatic heterocycles. The van der Waals surface area contributed by atoms with E-state index in [1.165, 1.54) is 0 Å². The molecule has 2 aliphatic rings. The Kier molecular flexibility index (Phi) is 4.63. The molecule has 2 fully saturated rings. The summed E-state index contributed by atoms with van der Waals surface area (Å²) in [5.41, 5.74) is 0.0173. The van der Waals surface area contributed by atoms with Crippen LogP contribution in [-0.4, -0.2) is 40.6 Å². The molecule has 2 heterocycles. The van der Waals surface area contributed by atoms with E-state index in [-0.39, 0.29) is 17.6 Å². The summed E-state index contributed by atoms with van der Waals surface area (Å²) in [5.74, 6) is 0.726. The number of ether oxygens (including phenoxy) is 1. The number of anilines is 1. The third-order valence-corrected chi connectivity index (χ3v) is 5.23. The maximum absolute atomic E-state index is 10.8. The van der Waals surface area contributed by atoms with Crippen molar-refractivity contribution in [1.82, 2.24) is 4.98 Å². The molecule has 1 aromatic rings. The van der Waals surface area contributed by atoms with Crippen molar-refractivity contribution in [3.63, 3.8) is 0 Å². The molecule has 3 rings (SSSR count). The van der Waals surface area contributed by atoms with E-state index in [0.29, 0.717) is 31.7 Å². The second-order valence-corrected chi connectivity index (χ2v) is 7.78. The van der Waals surface area contributed by atoms with Gasteiger partial charge in [-0.3, -0.25) is 0 Å². The Morgan fingerprint density at radius 3 is 2.70 bits per heavy atom. The molecule has 0 amide bonds. The largest absolute Gasteiger partial charge is 0.391 e. The second-order valence-electron chi connectivity index (χ2n) is 7.78. The average Bonchev–Trinajstić information content (AvgIpc) is 2.52. The van der Waals surface area contributed by atoms with Gasteiger partial charge in [0, 0.05) is 26.1 Å². The maximum atomic E-state index is 10.8. The van der Waals surface area contributed by atoms with E-state index < -0.39 is 5.60 Å².